The molecule has 0 bridgehead atoms. The zero-order chi connectivity index (χ0) is 13.0. The van der Waals surface area contributed by atoms with Gasteiger partial charge in [0, 0.05) is 34.4 Å². The summed E-state index contributed by atoms with van der Waals surface area (Å²) in [6, 6.07) is 0.606. The lowest BCUT2D eigenvalue weighted by Gasteiger charge is -2.26. The van der Waals surface area contributed by atoms with E-state index in [0.717, 1.165) is 37.2 Å². The summed E-state index contributed by atoms with van der Waals surface area (Å²) in [5.41, 5.74) is 0. The molecule has 1 aliphatic carbocycles. The van der Waals surface area contributed by atoms with Crippen molar-refractivity contribution < 1.29 is 9.00 Å². The maximum atomic E-state index is 12.0. The molecular weight excluding hydrogens is 248 g/mol. The topological polar surface area (TPSA) is 58.2 Å². The molecule has 1 saturated carbocycles. The molecule has 104 valence electrons. The normalized spacial score (nSPS) is 31.2. The molecule has 2 aliphatic rings. The third-order valence-corrected chi connectivity index (χ3v) is 5.35. The number of carbonyl (C=O) groups is 1. The highest BCUT2D eigenvalue weighted by atomic mass is 32.2. The van der Waals surface area contributed by atoms with Gasteiger partial charge in [-0.1, -0.05) is 12.8 Å². The molecule has 2 rings (SSSR count). The summed E-state index contributed by atoms with van der Waals surface area (Å²) in [4.78, 5) is 12.0. The summed E-state index contributed by atoms with van der Waals surface area (Å²) >= 11 is 0. The van der Waals surface area contributed by atoms with Crippen molar-refractivity contribution in [1.82, 2.24) is 10.6 Å². The predicted molar refractivity (Wildman–Crippen MR) is 73.9 cm³/mol. The van der Waals surface area contributed by atoms with Crippen molar-refractivity contribution in [3.05, 3.63) is 0 Å². The Balaban J connectivity index is 1.71. The maximum absolute atomic E-state index is 12.0. The molecule has 0 spiro atoms. The smallest absolute Gasteiger partial charge is 0.237 e. The van der Waals surface area contributed by atoms with Crippen molar-refractivity contribution in [3.63, 3.8) is 0 Å². The van der Waals surface area contributed by atoms with Crippen LogP contribution in [0, 0.1) is 0 Å². The first kappa shape index (κ1) is 14.0. The number of carbonyl (C=O) groups excluding carboxylic acids is 1. The highest BCUT2D eigenvalue weighted by molar-refractivity contribution is 7.85. The van der Waals surface area contributed by atoms with Crippen LogP contribution in [-0.2, 0) is 15.6 Å². The van der Waals surface area contributed by atoms with Crippen LogP contribution in [0.25, 0.3) is 0 Å². The molecule has 1 heterocycles. The van der Waals surface area contributed by atoms with Crippen molar-refractivity contribution in [1.29, 1.82) is 0 Å². The van der Waals surface area contributed by atoms with E-state index in [9.17, 15) is 9.00 Å². The zero-order valence-electron chi connectivity index (χ0n) is 11.1. The standard InChI is InChI=1S/C13H24N2O2S/c1-10(13(16)15-11-4-2-3-5-11)14-12-6-8-18(17)9-7-12/h10-12,14H,2-9H2,1H3,(H,15,16). The minimum Gasteiger partial charge on any atom is -0.352 e. The molecule has 1 unspecified atom stereocenters. The lowest BCUT2D eigenvalue weighted by molar-refractivity contribution is -0.123. The van der Waals surface area contributed by atoms with E-state index in [-0.39, 0.29) is 11.9 Å². The highest BCUT2D eigenvalue weighted by Gasteiger charge is 2.24. The van der Waals surface area contributed by atoms with Crippen LogP contribution < -0.4 is 10.6 Å². The van der Waals surface area contributed by atoms with E-state index >= 15 is 0 Å². The van der Waals surface area contributed by atoms with Gasteiger partial charge in [-0.3, -0.25) is 9.00 Å². The van der Waals surface area contributed by atoms with Gasteiger partial charge in [0.25, 0.3) is 0 Å². The third kappa shape index (κ3) is 4.05. The summed E-state index contributed by atoms with van der Waals surface area (Å²) in [5.74, 6) is 1.66. The van der Waals surface area contributed by atoms with Gasteiger partial charge in [0.2, 0.25) is 5.91 Å². The minimum absolute atomic E-state index is 0.119. The summed E-state index contributed by atoms with van der Waals surface area (Å²) < 4.78 is 11.3. The Morgan fingerprint density at radius 3 is 2.33 bits per heavy atom. The van der Waals surface area contributed by atoms with E-state index in [1.165, 1.54) is 12.8 Å². The summed E-state index contributed by atoms with van der Waals surface area (Å²) in [6.07, 6.45) is 6.57. The van der Waals surface area contributed by atoms with Crippen molar-refractivity contribution >= 4 is 16.7 Å². The van der Waals surface area contributed by atoms with Gasteiger partial charge in [-0.2, -0.15) is 0 Å². The van der Waals surface area contributed by atoms with Gasteiger partial charge in [0.1, 0.15) is 0 Å². The van der Waals surface area contributed by atoms with Crippen LogP contribution in [0.1, 0.15) is 45.4 Å². The molecule has 2 fully saturated rings. The molecule has 0 aromatic heterocycles. The Morgan fingerprint density at radius 2 is 1.72 bits per heavy atom. The number of rotatable bonds is 4. The van der Waals surface area contributed by atoms with E-state index in [4.69, 9.17) is 0 Å². The fourth-order valence-electron chi connectivity index (χ4n) is 2.79. The Labute approximate surface area is 112 Å². The molecule has 1 saturated heterocycles. The molecular formula is C13H24N2O2S. The van der Waals surface area contributed by atoms with E-state index in [1.54, 1.807) is 0 Å². The molecule has 18 heavy (non-hydrogen) atoms. The Morgan fingerprint density at radius 1 is 1.11 bits per heavy atom. The second-order valence-corrected chi connectivity index (χ2v) is 7.20. The van der Waals surface area contributed by atoms with Crippen LogP contribution in [-0.4, -0.2) is 39.7 Å². The first-order valence-electron chi connectivity index (χ1n) is 7.06. The molecule has 2 N–H and O–H groups in total. The number of hydrogen-bond donors (Lipinski definition) is 2. The van der Waals surface area contributed by atoms with Crippen molar-refractivity contribution in [2.45, 2.75) is 63.6 Å². The average Bonchev–Trinajstić information content (AvgIpc) is 2.85. The molecule has 1 aliphatic heterocycles. The van der Waals surface area contributed by atoms with E-state index in [1.807, 2.05) is 6.92 Å². The first-order chi connectivity index (χ1) is 8.65. The second kappa shape index (κ2) is 6.66. The summed E-state index contributed by atoms with van der Waals surface area (Å²) in [5, 5.41) is 6.48. The molecule has 0 aromatic rings. The van der Waals surface area contributed by atoms with Crippen molar-refractivity contribution in [2.75, 3.05) is 11.5 Å². The molecule has 5 heteroatoms. The summed E-state index contributed by atoms with van der Waals surface area (Å²) in [7, 11) is -0.631. The number of nitrogens with one attached hydrogen (secondary N) is 2. The van der Waals surface area contributed by atoms with Crippen LogP contribution in [0.3, 0.4) is 0 Å². The van der Waals surface area contributed by atoms with E-state index in [2.05, 4.69) is 10.6 Å². The lowest BCUT2D eigenvalue weighted by atomic mass is 10.1. The average molecular weight is 272 g/mol. The molecule has 0 aromatic carbocycles. The first-order valence-corrected chi connectivity index (χ1v) is 8.55. The van der Waals surface area contributed by atoms with Crippen LogP contribution in [0.2, 0.25) is 0 Å². The van der Waals surface area contributed by atoms with Crippen LogP contribution in [0.15, 0.2) is 0 Å². The van der Waals surface area contributed by atoms with Crippen molar-refractivity contribution in [3.8, 4) is 0 Å². The fourth-order valence-corrected chi connectivity index (χ4v) is 4.08. The number of amides is 1. The Bertz CT molecular complexity index is 306. The van der Waals surface area contributed by atoms with Crippen LogP contribution in [0.5, 0.6) is 0 Å². The molecule has 1 atom stereocenters. The Hall–Kier alpha value is -0.420. The molecule has 0 radical (unpaired) electrons. The van der Waals surface area contributed by atoms with Crippen LogP contribution in [0.4, 0.5) is 0 Å². The number of hydrogen-bond acceptors (Lipinski definition) is 3. The second-order valence-electron chi connectivity index (χ2n) is 5.50. The van der Waals surface area contributed by atoms with Gasteiger partial charge in [0.15, 0.2) is 0 Å². The van der Waals surface area contributed by atoms with Gasteiger partial charge in [-0.05, 0) is 32.6 Å². The highest BCUT2D eigenvalue weighted by Crippen LogP contribution is 2.17. The van der Waals surface area contributed by atoms with Gasteiger partial charge >= 0.3 is 0 Å². The van der Waals surface area contributed by atoms with E-state index in [0.29, 0.717) is 12.1 Å². The molecule has 1 amide bonds. The van der Waals surface area contributed by atoms with Gasteiger partial charge < -0.3 is 10.6 Å². The quantitative estimate of drug-likeness (QED) is 0.800. The zero-order valence-corrected chi connectivity index (χ0v) is 11.9. The minimum atomic E-state index is -0.631. The monoisotopic (exact) mass is 272 g/mol. The maximum Gasteiger partial charge on any atom is 0.237 e. The predicted octanol–water partition coefficient (Wildman–Crippen LogP) is 0.934. The molecule has 4 nitrogen and oxygen atoms in total. The van der Waals surface area contributed by atoms with Gasteiger partial charge in [0.05, 0.1) is 6.04 Å². The largest absolute Gasteiger partial charge is 0.352 e. The van der Waals surface area contributed by atoms with Crippen molar-refractivity contribution in [2.24, 2.45) is 0 Å². The lowest BCUT2D eigenvalue weighted by Crippen LogP contribution is -2.50. The third-order valence-electron chi connectivity index (χ3n) is 3.97. The van der Waals surface area contributed by atoms with E-state index < -0.39 is 10.8 Å². The summed E-state index contributed by atoms with van der Waals surface area (Å²) in [6.45, 7) is 1.93. The fraction of sp³-hybridized carbons (Fsp3) is 0.923. The van der Waals surface area contributed by atoms with Gasteiger partial charge in [-0.15, -0.1) is 0 Å². The SMILES string of the molecule is CC(NC1CCS(=O)CC1)C(=O)NC1CCCC1. The van der Waals surface area contributed by atoms with Crippen LogP contribution >= 0.6 is 0 Å². The van der Waals surface area contributed by atoms with Gasteiger partial charge in [-0.25, -0.2) is 0 Å². The Kier molecular flexibility index (Phi) is 5.18.